The molecule has 3 rings (SSSR count). The molecule has 8 nitrogen and oxygen atoms in total. The fourth-order valence-electron chi connectivity index (χ4n) is 2.45. The number of ether oxygens (including phenoxy) is 1. The summed E-state index contributed by atoms with van der Waals surface area (Å²) in [5.41, 5.74) is 4.39. The van der Waals surface area contributed by atoms with Gasteiger partial charge >= 0.3 is 12.1 Å². The first-order valence-corrected chi connectivity index (χ1v) is 7.97. The second-order valence-corrected chi connectivity index (χ2v) is 5.67. The minimum atomic E-state index is -5.08. The number of aliphatic hydroxyl groups excluding tert-OH is 1. The summed E-state index contributed by atoms with van der Waals surface area (Å²) in [6, 6.07) is 5.97. The third-order valence-electron chi connectivity index (χ3n) is 3.63. The van der Waals surface area contributed by atoms with Gasteiger partial charge in [0, 0.05) is 31.4 Å². The molecule has 2 aromatic rings. The summed E-state index contributed by atoms with van der Waals surface area (Å²) in [5.74, 6) is -2.76. The van der Waals surface area contributed by atoms with E-state index in [1.54, 1.807) is 0 Å². The van der Waals surface area contributed by atoms with Gasteiger partial charge in [0.1, 0.15) is 0 Å². The number of halogens is 3. The number of aliphatic carboxylic acids is 1. The Morgan fingerprint density at radius 2 is 2.07 bits per heavy atom. The Kier molecular flexibility index (Phi) is 7.28. The standard InChI is InChI=1S/C14H18N4O2.C2HF3O2/c19-5-6-20-10-14-12-8-18(9-13(12)16-17-14)7-11-3-1-2-4-15-11;3-2(4,5)1(6)7/h1-4,19H,5-10H2,(H,16,17);(H,6,7). The van der Waals surface area contributed by atoms with Crippen molar-refractivity contribution in [3.05, 3.63) is 47.0 Å². The number of aromatic amines is 1. The summed E-state index contributed by atoms with van der Waals surface area (Å²) in [6.07, 6.45) is -3.26. The number of nitrogens with zero attached hydrogens (tertiary/aromatic N) is 3. The molecule has 1 aliphatic rings. The highest BCUT2D eigenvalue weighted by Gasteiger charge is 2.38. The van der Waals surface area contributed by atoms with E-state index >= 15 is 0 Å². The number of aliphatic hydroxyl groups is 1. The van der Waals surface area contributed by atoms with Gasteiger partial charge < -0.3 is 14.9 Å². The highest BCUT2D eigenvalue weighted by molar-refractivity contribution is 5.73. The van der Waals surface area contributed by atoms with E-state index in [9.17, 15) is 13.2 Å². The number of pyridine rings is 1. The number of carbonyl (C=O) groups is 1. The zero-order valence-electron chi connectivity index (χ0n) is 14.2. The fourth-order valence-corrected chi connectivity index (χ4v) is 2.45. The molecule has 0 amide bonds. The van der Waals surface area contributed by atoms with Crippen LogP contribution in [-0.4, -0.2) is 55.7 Å². The quantitative estimate of drug-likeness (QED) is 0.643. The molecule has 0 atom stereocenters. The predicted molar refractivity (Wildman–Crippen MR) is 86.2 cm³/mol. The first kappa shape index (κ1) is 20.8. The molecule has 1 aliphatic heterocycles. The number of hydrogen-bond acceptors (Lipinski definition) is 6. The Bertz CT molecular complexity index is 737. The number of alkyl halides is 3. The number of aromatic nitrogens is 3. The van der Waals surface area contributed by atoms with Crippen LogP contribution in [0, 0.1) is 0 Å². The van der Waals surface area contributed by atoms with Crippen LogP contribution in [0.4, 0.5) is 13.2 Å². The molecule has 3 heterocycles. The molecular formula is C16H19F3N4O4. The Balaban J connectivity index is 0.000000321. The summed E-state index contributed by atoms with van der Waals surface area (Å²) >= 11 is 0. The number of hydrogen-bond donors (Lipinski definition) is 3. The maximum atomic E-state index is 10.6. The van der Waals surface area contributed by atoms with E-state index in [4.69, 9.17) is 19.7 Å². The van der Waals surface area contributed by atoms with Crippen molar-refractivity contribution in [2.24, 2.45) is 0 Å². The molecule has 11 heteroatoms. The molecule has 2 aromatic heterocycles. The predicted octanol–water partition coefficient (Wildman–Crippen LogP) is 1.46. The molecule has 148 valence electrons. The van der Waals surface area contributed by atoms with Crippen molar-refractivity contribution in [2.45, 2.75) is 32.4 Å². The van der Waals surface area contributed by atoms with Crippen LogP contribution in [0.15, 0.2) is 24.4 Å². The van der Waals surface area contributed by atoms with Crippen LogP contribution in [0.5, 0.6) is 0 Å². The monoisotopic (exact) mass is 388 g/mol. The van der Waals surface area contributed by atoms with Gasteiger partial charge in [-0.1, -0.05) is 6.07 Å². The van der Waals surface area contributed by atoms with E-state index in [0.29, 0.717) is 13.2 Å². The van der Waals surface area contributed by atoms with Gasteiger partial charge in [-0.2, -0.15) is 18.3 Å². The fraction of sp³-hybridized carbons (Fsp3) is 0.438. The zero-order chi connectivity index (χ0) is 19.9. The zero-order valence-corrected chi connectivity index (χ0v) is 14.2. The smallest absolute Gasteiger partial charge is 0.475 e. The largest absolute Gasteiger partial charge is 0.490 e. The van der Waals surface area contributed by atoms with Gasteiger partial charge in [0.25, 0.3) is 0 Å². The van der Waals surface area contributed by atoms with E-state index in [-0.39, 0.29) is 6.61 Å². The topological polar surface area (TPSA) is 112 Å². The van der Waals surface area contributed by atoms with E-state index in [1.807, 2.05) is 24.4 Å². The number of carboxylic acids is 1. The van der Waals surface area contributed by atoms with E-state index in [0.717, 1.165) is 36.7 Å². The Labute approximate surface area is 152 Å². The van der Waals surface area contributed by atoms with Crippen molar-refractivity contribution in [1.29, 1.82) is 0 Å². The van der Waals surface area contributed by atoms with E-state index < -0.39 is 12.1 Å². The molecule has 27 heavy (non-hydrogen) atoms. The third kappa shape index (κ3) is 6.31. The van der Waals surface area contributed by atoms with Crippen molar-refractivity contribution >= 4 is 5.97 Å². The van der Waals surface area contributed by atoms with Crippen LogP contribution >= 0.6 is 0 Å². The summed E-state index contributed by atoms with van der Waals surface area (Å²) in [5, 5.41) is 23.2. The molecule has 0 saturated carbocycles. The van der Waals surface area contributed by atoms with Crippen molar-refractivity contribution in [2.75, 3.05) is 13.2 Å². The maximum Gasteiger partial charge on any atom is 0.490 e. The van der Waals surface area contributed by atoms with Crippen LogP contribution in [0.3, 0.4) is 0 Å². The van der Waals surface area contributed by atoms with E-state index in [1.165, 1.54) is 5.56 Å². The summed E-state index contributed by atoms with van der Waals surface area (Å²) in [6.45, 7) is 3.39. The lowest BCUT2D eigenvalue weighted by Crippen LogP contribution is -2.21. The Morgan fingerprint density at radius 3 is 2.67 bits per heavy atom. The number of H-pyrrole nitrogens is 1. The molecular weight excluding hydrogens is 369 g/mol. The number of fused-ring (bicyclic) bond motifs is 1. The molecule has 0 radical (unpaired) electrons. The number of rotatable bonds is 6. The molecule has 0 saturated heterocycles. The SMILES string of the molecule is O=C(O)C(F)(F)F.OCCOCc1n[nH]c2c1CN(Cc1ccccn1)C2. The number of carboxylic acid groups (broad SMARTS) is 1. The maximum absolute atomic E-state index is 10.6. The molecule has 0 aromatic carbocycles. The van der Waals surface area contributed by atoms with Crippen LogP contribution in [-0.2, 0) is 35.8 Å². The van der Waals surface area contributed by atoms with Gasteiger partial charge in [-0.25, -0.2) is 4.79 Å². The average Bonchev–Trinajstić information content (AvgIpc) is 3.17. The lowest BCUT2D eigenvalue weighted by Gasteiger charge is -2.14. The Hall–Kier alpha value is -2.50. The molecule has 0 fully saturated rings. The van der Waals surface area contributed by atoms with Gasteiger partial charge in [0.2, 0.25) is 0 Å². The second-order valence-electron chi connectivity index (χ2n) is 5.67. The van der Waals surface area contributed by atoms with E-state index in [2.05, 4.69) is 20.1 Å². The van der Waals surface area contributed by atoms with Crippen molar-refractivity contribution in [3.8, 4) is 0 Å². The highest BCUT2D eigenvalue weighted by Crippen LogP contribution is 2.25. The van der Waals surface area contributed by atoms with Crippen molar-refractivity contribution in [1.82, 2.24) is 20.1 Å². The van der Waals surface area contributed by atoms with Crippen LogP contribution < -0.4 is 0 Å². The van der Waals surface area contributed by atoms with Crippen molar-refractivity contribution in [3.63, 3.8) is 0 Å². The number of nitrogens with one attached hydrogen (secondary N) is 1. The summed E-state index contributed by atoms with van der Waals surface area (Å²) in [4.78, 5) is 15.6. The van der Waals surface area contributed by atoms with Gasteiger partial charge in [0.05, 0.1) is 36.9 Å². The first-order valence-electron chi connectivity index (χ1n) is 7.97. The van der Waals surface area contributed by atoms with Gasteiger partial charge in [-0.3, -0.25) is 15.0 Å². The third-order valence-corrected chi connectivity index (χ3v) is 3.63. The second kappa shape index (κ2) is 9.44. The van der Waals surface area contributed by atoms with Gasteiger partial charge in [0.15, 0.2) is 0 Å². The normalized spacial score (nSPS) is 13.8. The molecule has 0 spiro atoms. The molecule has 0 bridgehead atoms. The van der Waals surface area contributed by atoms with Crippen molar-refractivity contribution < 1.29 is 32.9 Å². The minimum absolute atomic E-state index is 0.0401. The molecule has 3 N–H and O–H groups in total. The average molecular weight is 388 g/mol. The lowest BCUT2D eigenvalue weighted by molar-refractivity contribution is -0.192. The van der Waals surface area contributed by atoms with Crippen LogP contribution in [0.25, 0.3) is 0 Å². The van der Waals surface area contributed by atoms with Gasteiger partial charge in [-0.15, -0.1) is 0 Å². The van der Waals surface area contributed by atoms with Crippen LogP contribution in [0.2, 0.25) is 0 Å². The Morgan fingerprint density at radius 1 is 1.33 bits per heavy atom. The lowest BCUT2D eigenvalue weighted by atomic mass is 10.2. The first-order chi connectivity index (χ1) is 12.8. The summed E-state index contributed by atoms with van der Waals surface area (Å²) < 4.78 is 37.1. The van der Waals surface area contributed by atoms with Crippen LogP contribution in [0.1, 0.15) is 22.6 Å². The minimum Gasteiger partial charge on any atom is -0.475 e. The molecule has 0 unspecified atom stereocenters. The molecule has 0 aliphatic carbocycles. The van der Waals surface area contributed by atoms with Gasteiger partial charge in [-0.05, 0) is 12.1 Å². The highest BCUT2D eigenvalue weighted by atomic mass is 19.4. The summed E-state index contributed by atoms with van der Waals surface area (Å²) in [7, 11) is 0.